The first-order chi connectivity index (χ1) is 6.72. The number of fused-ring (bicyclic) bond motifs is 1. The Morgan fingerprint density at radius 2 is 2.36 bits per heavy atom. The molecule has 0 fully saturated rings. The van der Waals surface area contributed by atoms with E-state index in [0.29, 0.717) is 5.56 Å². The summed E-state index contributed by atoms with van der Waals surface area (Å²) in [6.07, 6.45) is 1.60. The Morgan fingerprint density at radius 3 is 3.07 bits per heavy atom. The predicted molar refractivity (Wildman–Crippen MR) is 60.2 cm³/mol. The third-order valence-corrected chi connectivity index (χ3v) is 2.81. The second-order valence-corrected chi connectivity index (χ2v) is 3.91. The summed E-state index contributed by atoms with van der Waals surface area (Å²) in [5, 5.41) is 0. The lowest BCUT2D eigenvalue weighted by Crippen LogP contribution is -2.03. The number of aromatic nitrogens is 2. The Labute approximate surface area is 93.8 Å². The smallest absolute Gasteiger partial charge is 0.339 e. The number of benzene rings is 1. The van der Waals surface area contributed by atoms with Gasteiger partial charge in [0.1, 0.15) is 0 Å². The highest BCUT2D eigenvalue weighted by Crippen LogP contribution is 2.19. The second kappa shape index (κ2) is 3.56. The van der Waals surface area contributed by atoms with Gasteiger partial charge in [-0.05, 0) is 34.7 Å². The number of imidazole rings is 1. The van der Waals surface area contributed by atoms with Gasteiger partial charge in [0, 0.05) is 3.57 Å². The fourth-order valence-corrected chi connectivity index (χ4v) is 1.91. The number of halogens is 1. The average molecular weight is 302 g/mol. The molecule has 2 aromatic rings. The summed E-state index contributed by atoms with van der Waals surface area (Å²) >= 11 is 2.10. The summed E-state index contributed by atoms with van der Waals surface area (Å²) in [5.74, 6) is -0.334. The molecular weight excluding hydrogens is 295 g/mol. The molecule has 0 bridgehead atoms. The van der Waals surface area contributed by atoms with Gasteiger partial charge in [0.15, 0.2) is 0 Å². The molecule has 0 aliphatic rings. The van der Waals surface area contributed by atoms with Gasteiger partial charge in [-0.15, -0.1) is 0 Å². The maximum atomic E-state index is 11.3. The number of nitrogens with zero attached hydrogens (tertiary/aromatic N) is 1. The topological polar surface area (TPSA) is 55.0 Å². The fraction of sp³-hybridized carbons (Fsp3) is 0.111. The number of nitrogens with one attached hydrogen (secondary N) is 1. The largest absolute Gasteiger partial charge is 0.465 e. The Kier molecular flexibility index (Phi) is 2.40. The van der Waals surface area contributed by atoms with E-state index in [9.17, 15) is 4.79 Å². The van der Waals surface area contributed by atoms with Crippen molar-refractivity contribution in [2.75, 3.05) is 7.11 Å². The van der Waals surface area contributed by atoms with Crippen molar-refractivity contribution < 1.29 is 9.53 Å². The lowest BCUT2D eigenvalue weighted by atomic mass is 10.2. The lowest BCUT2D eigenvalue weighted by Gasteiger charge is -2.01. The quantitative estimate of drug-likeness (QED) is 0.647. The Hall–Kier alpha value is -1.11. The SMILES string of the molecule is COC(=O)c1cc2nc[nH]c2cc1I. The molecule has 5 heteroatoms. The molecule has 1 heterocycles. The van der Waals surface area contributed by atoms with Crippen LogP contribution in [0.1, 0.15) is 10.4 Å². The van der Waals surface area contributed by atoms with E-state index in [-0.39, 0.29) is 5.97 Å². The second-order valence-electron chi connectivity index (χ2n) is 2.74. The van der Waals surface area contributed by atoms with Gasteiger partial charge in [-0.3, -0.25) is 0 Å². The van der Waals surface area contributed by atoms with E-state index in [1.165, 1.54) is 7.11 Å². The molecule has 0 amide bonds. The van der Waals surface area contributed by atoms with Gasteiger partial charge in [-0.2, -0.15) is 0 Å². The van der Waals surface area contributed by atoms with Crippen LogP contribution in [0.15, 0.2) is 18.5 Å². The van der Waals surface area contributed by atoms with Gasteiger partial charge in [-0.25, -0.2) is 9.78 Å². The molecule has 1 aromatic carbocycles. The van der Waals surface area contributed by atoms with Gasteiger partial charge < -0.3 is 9.72 Å². The molecule has 0 saturated carbocycles. The molecule has 4 nitrogen and oxygen atoms in total. The van der Waals surface area contributed by atoms with Crippen LogP contribution in [0.5, 0.6) is 0 Å². The van der Waals surface area contributed by atoms with Crippen LogP contribution in [0.2, 0.25) is 0 Å². The van der Waals surface area contributed by atoms with Gasteiger partial charge in [0.25, 0.3) is 0 Å². The van der Waals surface area contributed by atoms with Crippen molar-refractivity contribution in [3.05, 3.63) is 27.6 Å². The van der Waals surface area contributed by atoms with Crippen LogP contribution >= 0.6 is 22.6 Å². The van der Waals surface area contributed by atoms with Gasteiger partial charge in [0.2, 0.25) is 0 Å². The highest BCUT2D eigenvalue weighted by molar-refractivity contribution is 14.1. The molecule has 72 valence electrons. The van der Waals surface area contributed by atoms with E-state index in [1.807, 2.05) is 6.07 Å². The monoisotopic (exact) mass is 302 g/mol. The number of carbonyl (C=O) groups is 1. The molecule has 1 aromatic heterocycles. The van der Waals surface area contributed by atoms with Crippen molar-refractivity contribution in [1.29, 1.82) is 0 Å². The summed E-state index contributed by atoms with van der Waals surface area (Å²) in [7, 11) is 1.37. The first-order valence-electron chi connectivity index (χ1n) is 3.93. The third kappa shape index (κ3) is 1.47. The molecule has 0 atom stereocenters. The minimum absolute atomic E-state index is 0.334. The molecule has 0 unspecified atom stereocenters. The van der Waals surface area contributed by atoms with E-state index in [2.05, 4.69) is 37.3 Å². The van der Waals surface area contributed by atoms with Gasteiger partial charge >= 0.3 is 5.97 Å². The molecule has 0 aliphatic heterocycles. The standard InChI is InChI=1S/C9H7IN2O2/c1-14-9(13)5-2-7-8(3-6(5)10)12-4-11-7/h2-4H,1H3,(H,11,12). The van der Waals surface area contributed by atoms with Crippen molar-refractivity contribution in [1.82, 2.24) is 9.97 Å². The number of esters is 1. The Balaban J connectivity index is 2.64. The van der Waals surface area contributed by atoms with E-state index >= 15 is 0 Å². The average Bonchev–Trinajstić information content (AvgIpc) is 2.62. The van der Waals surface area contributed by atoms with Crippen LogP contribution in [0.25, 0.3) is 11.0 Å². The zero-order valence-corrected chi connectivity index (χ0v) is 9.53. The summed E-state index contributed by atoms with van der Waals surface area (Å²) in [5.41, 5.74) is 2.24. The third-order valence-electron chi connectivity index (χ3n) is 1.91. The van der Waals surface area contributed by atoms with Gasteiger partial charge in [-0.1, -0.05) is 0 Å². The van der Waals surface area contributed by atoms with Crippen LogP contribution in [-0.4, -0.2) is 23.0 Å². The van der Waals surface area contributed by atoms with E-state index in [4.69, 9.17) is 0 Å². The Morgan fingerprint density at radius 1 is 1.57 bits per heavy atom. The number of ether oxygens (including phenoxy) is 1. The zero-order chi connectivity index (χ0) is 10.1. The van der Waals surface area contributed by atoms with Crippen LogP contribution in [0.3, 0.4) is 0 Å². The lowest BCUT2D eigenvalue weighted by molar-refractivity contribution is 0.0599. The van der Waals surface area contributed by atoms with Crippen molar-refractivity contribution in [2.45, 2.75) is 0 Å². The highest BCUT2D eigenvalue weighted by Gasteiger charge is 2.11. The number of aromatic amines is 1. The first kappa shape index (κ1) is 9.45. The number of H-pyrrole nitrogens is 1. The Bertz CT molecular complexity index is 493. The predicted octanol–water partition coefficient (Wildman–Crippen LogP) is 1.95. The van der Waals surface area contributed by atoms with Crippen LogP contribution in [0, 0.1) is 3.57 Å². The number of rotatable bonds is 1. The van der Waals surface area contributed by atoms with E-state index < -0.39 is 0 Å². The summed E-state index contributed by atoms with van der Waals surface area (Å²) in [4.78, 5) is 18.4. The minimum Gasteiger partial charge on any atom is -0.465 e. The van der Waals surface area contributed by atoms with Gasteiger partial charge in [0.05, 0.1) is 30.0 Å². The first-order valence-corrected chi connectivity index (χ1v) is 5.01. The molecule has 14 heavy (non-hydrogen) atoms. The summed E-state index contributed by atoms with van der Waals surface area (Å²) in [6, 6.07) is 3.59. The summed E-state index contributed by atoms with van der Waals surface area (Å²) in [6.45, 7) is 0. The maximum absolute atomic E-state index is 11.3. The van der Waals surface area contributed by atoms with Crippen molar-refractivity contribution in [2.24, 2.45) is 0 Å². The summed E-state index contributed by atoms with van der Waals surface area (Å²) < 4.78 is 5.51. The zero-order valence-electron chi connectivity index (χ0n) is 7.37. The number of hydrogen-bond donors (Lipinski definition) is 1. The van der Waals surface area contributed by atoms with E-state index in [0.717, 1.165) is 14.6 Å². The maximum Gasteiger partial charge on any atom is 0.339 e. The number of hydrogen-bond acceptors (Lipinski definition) is 3. The van der Waals surface area contributed by atoms with Crippen molar-refractivity contribution in [3.8, 4) is 0 Å². The van der Waals surface area contributed by atoms with E-state index in [1.54, 1.807) is 12.4 Å². The van der Waals surface area contributed by atoms with Crippen molar-refractivity contribution >= 4 is 39.6 Å². The molecular formula is C9H7IN2O2. The highest BCUT2D eigenvalue weighted by atomic mass is 127. The van der Waals surface area contributed by atoms with Crippen molar-refractivity contribution in [3.63, 3.8) is 0 Å². The molecule has 0 radical (unpaired) electrons. The number of methoxy groups -OCH3 is 1. The molecule has 0 spiro atoms. The number of carbonyl (C=O) groups excluding carboxylic acids is 1. The molecule has 1 N–H and O–H groups in total. The fourth-order valence-electron chi connectivity index (χ4n) is 1.22. The van der Waals surface area contributed by atoms with Crippen LogP contribution in [0.4, 0.5) is 0 Å². The van der Waals surface area contributed by atoms with Crippen LogP contribution in [-0.2, 0) is 4.74 Å². The van der Waals surface area contributed by atoms with Crippen LogP contribution < -0.4 is 0 Å². The minimum atomic E-state index is -0.334. The molecule has 2 rings (SSSR count). The molecule has 0 saturated heterocycles. The normalized spacial score (nSPS) is 10.4. The molecule has 0 aliphatic carbocycles.